The predicted octanol–water partition coefficient (Wildman–Crippen LogP) is 2.90. The van der Waals surface area contributed by atoms with Crippen molar-refractivity contribution in [3.63, 3.8) is 0 Å². The average molecular weight is 570 g/mol. The van der Waals surface area contributed by atoms with Crippen LogP contribution >= 0.6 is 7.75 Å². The maximum atomic E-state index is 13.7. The zero-order valence-corrected chi connectivity index (χ0v) is 23.4. The van der Waals surface area contributed by atoms with Crippen LogP contribution in [-0.4, -0.2) is 64.4 Å². The second kappa shape index (κ2) is 11.4. The van der Waals surface area contributed by atoms with E-state index < -0.39 is 32.1 Å². The Morgan fingerprint density at radius 3 is 2.77 bits per heavy atom. The molecule has 1 saturated heterocycles. The number of terminal acetylenes is 1. The summed E-state index contributed by atoms with van der Waals surface area (Å²) in [5.41, 5.74) is 7.17. The third kappa shape index (κ3) is 5.90. The summed E-state index contributed by atoms with van der Waals surface area (Å²) >= 11 is 0. The minimum atomic E-state index is -4.04. The Balaban J connectivity index is 1.34. The van der Waals surface area contributed by atoms with Crippen molar-refractivity contribution >= 4 is 36.6 Å². The van der Waals surface area contributed by atoms with Crippen molar-refractivity contribution in [2.45, 2.75) is 50.6 Å². The van der Waals surface area contributed by atoms with Gasteiger partial charge in [0.25, 0.3) is 0 Å². The van der Waals surface area contributed by atoms with Gasteiger partial charge in [0.05, 0.1) is 32.1 Å². The molecule has 3 aromatic rings. The number of hydrogen-bond donors (Lipinski definition) is 2. The monoisotopic (exact) mass is 569 g/mol. The van der Waals surface area contributed by atoms with Gasteiger partial charge in [-0.25, -0.2) is 9.55 Å². The number of nitrogens with zero attached hydrogens (tertiary/aromatic N) is 5. The van der Waals surface area contributed by atoms with Crippen LogP contribution in [-0.2, 0) is 23.4 Å². The van der Waals surface area contributed by atoms with Gasteiger partial charge in [-0.3, -0.25) is 13.9 Å². The summed E-state index contributed by atoms with van der Waals surface area (Å²) in [6, 6.07) is 7.94. The van der Waals surface area contributed by atoms with Crippen LogP contribution in [0.1, 0.15) is 32.4 Å². The SMILES string of the molecule is C#C[C@H]1C[C@@H](CO[P@@](=O)(N[C@H](C)C(=O)OC)Oc2ccccc2)O[C@H]1n1cnc2c(N(C)C3CC3)nc(N)nc21. The predicted molar refractivity (Wildman–Crippen MR) is 147 cm³/mol. The number of carbonyl (C=O) groups is 1. The number of aromatic nitrogens is 4. The second-order valence-corrected chi connectivity index (χ2v) is 11.5. The van der Waals surface area contributed by atoms with Gasteiger partial charge in [0, 0.05) is 13.1 Å². The third-order valence-electron chi connectivity index (χ3n) is 6.84. The highest BCUT2D eigenvalue weighted by molar-refractivity contribution is 7.52. The Hall–Kier alpha value is -3.69. The van der Waals surface area contributed by atoms with Crippen LogP contribution in [0.2, 0.25) is 0 Å². The summed E-state index contributed by atoms with van der Waals surface area (Å²) in [6.45, 7) is 1.37. The maximum Gasteiger partial charge on any atom is 0.459 e. The molecule has 13 nitrogen and oxygen atoms in total. The van der Waals surface area contributed by atoms with Gasteiger partial charge in [-0.2, -0.15) is 15.1 Å². The highest BCUT2D eigenvalue weighted by Crippen LogP contribution is 2.46. The zero-order valence-electron chi connectivity index (χ0n) is 22.5. The van der Waals surface area contributed by atoms with Crippen LogP contribution in [0, 0.1) is 18.3 Å². The number of para-hydroxylation sites is 1. The normalized spacial score (nSPS) is 22.8. The highest BCUT2D eigenvalue weighted by Gasteiger charge is 2.40. The van der Waals surface area contributed by atoms with Crippen LogP contribution in [0.4, 0.5) is 11.8 Å². The summed E-state index contributed by atoms with van der Waals surface area (Å²) in [6.07, 6.45) is 8.91. The van der Waals surface area contributed by atoms with Gasteiger partial charge in [-0.05, 0) is 38.3 Å². The topological polar surface area (TPSA) is 156 Å². The Bertz CT molecular complexity index is 1460. The van der Waals surface area contributed by atoms with Gasteiger partial charge < -0.3 is 24.6 Å². The molecule has 2 aromatic heterocycles. The van der Waals surface area contributed by atoms with Crippen molar-refractivity contribution in [3.05, 3.63) is 36.7 Å². The maximum absolute atomic E-state index is 13.7. The van der Waals surface area contributed by atoms with Gasteiger partial charge in [0.15, 0.2) is 23.2 Å². The zero-order chi connectivity index (χ0) is 28.4. The number of hydrogen-bond acceptors (Lipinski definition) is 11. The fourth-order valence-electron chi connectivity index (χ4n) is 4.61. The van der Waals surface area contributed by atoms with Crippen LogP contribution in [0.25, 0.3) is 11.2 Å². The fourth-order valence-corrected chi connectivity index (χ4v) is 6.13. The molecule has 3 N–H and O–H groups in total. The first-order valence-corrected chi connectivity index (χ1v) is 14.4. The van der Waals surface area contributed by atoms with Crippen molar-refractivity contribution in [2.24, 2.45) is 5.92 Å². The van der Waals surface area contributed by atoms with Crippen molar-refractivity contribution < 1.29 is 27.9 Å². The summed E-state index contributed by atoms with van der Waals surface area (Å²) in [7, 11) is -0.833. The molecular weight excluding hydrogens is 537 g/mol. The first kappa shape index (κ1) is 27.9. The molecular formula is C26H32N7O6P. The first-order valence-electron chi connectivity index (χ1n) is 12.9. The van der Waals surface area contributed by atoms with Crippen molar-refractivity contribution in [1.82, 2.24) is 24.6 Å². The molecule has 1 aliphatic carbocycles. The number of esters is 1. The summed E-state index contributed by atoms with van der Waals surface area (Å²) in [5.74, 6) is 2.88. The van der Waals surface area contributed by atoms with Crippen LogP contribution in [0.15, 0.2) is 36.7 Å². The van der Waals surface area contributed by atoms with Gasteiger partial charge in [0.2, 0.25) is 5.95 Å². The number of imidazole rings is 1. The smallest absolute Gasteiger partial charge is 0.459 e. The average Bonchev–Trinajstić information content (AvgIpc) is 3.59. The number of rotatable bonds is 11. The lowest BCUT2D eigenvalue weighted by Crippen LogP contribution is -2.35. The van der Waals surface area contributed by atoms with E-state index in [4.69, 9.17) is 30.7 Å². The minimum absolute atomic E-state index is 0.122. The van der Waals surface area contributed by atoms with Crippen molar-refractivity contribution in [1.29, 1.82) is 0 Å². The minimum Gasteiger partial charge on any atom is -0.468 e. The summed E-state index contributed by atoms with van der Waals surface area (Å²) in [4.78, 5) is 27.5. The second-order valence-electron chi connectivity index (χ2n) is 9.80. The van der Waals surface area contributed by atoms with Crippen LogP contribution < -0.4 is 20.2 Å². The number of nitrogens with one attached hydrogen (secondary N) is 1. The van der Waals surface area contributed by atoms with E-state index >= 15 is 0 Å². The molecule has 5 rings (SSSR count). The van der Waals surface area contributed by atoms with E-state index in [1.807, 2.05) is 7.05 Å². The van der Waals surface area contributed by atoms with E-state index in [9.17, 15) is 9.36 Å². The Morgan fingerprint density at radius 2 is 2.10 bits per heavy atom. The van der Waals surface area contributed by atoms with Crippen molar-refractivity contribution in [3.8, 4) is 18.1 Å². The third-order valence-corrected chi connectivity index (χ3v) is 8.48. The highest BCUT2D eigenvalue weighted by atomic mass is 31.2. The largest absolute Gasteiger partial charge is 0.468 e. The lowest BCUT2D eigenvalue weighted by atomic mass is 10.0. The molecule has 0 spiro atoms. The van der Waals surface area contributed by atoms with E-state index in [0.717, 1.165) is 12.8 Å². The molecule has 1 saturated carbocycles. The number of methoxy groups -OCH3 is 1. The molecule has 1 aliphatic heterocycles. The van der Waals surface area contributed by atoms with E-state index in [-0.39, 0.29) is 18.5 Å². The standard InChI is InChI=1S/C26H32N7O6P/c1-5-17-13-20(14-37-40(35,31-16(2)25(34)36-4)39-19-9-7-6-8-10-19)38-24(17)33-15-28-21-22(32(3)18-11-12-18)29-26(27)30-23(21)33/h1,6-10,15-18,20,24H,11-14H2,2-4H3,(H,31,35)(H2,27,29,30)/t16-,17+,20+,24-,40+/m1/s1. The molecule has 5 atom stereocenters. The molecule has 0 radical (unpaired) electrons. The molecule has 40 heavy (non-hydrogen) atoms. The molecule has 2 aliphatic rings. The number of ether oxygens (including phenoxy) is 2. The van der Waals surface area contributed by atoms with Crippen LogP contribution in [0.3, 0.4) is 0 Å². The van der Waals surface area contributed by atoms with E-state index in [1.54, 1.807) is 41.2 Å². The quantitative estimate of drug-likeness (QED) is 0.198. The number of carbonyl (C=O) groups excluding carboxylic acids is 1. The number of nitrogen functional groups attached to an aromatic ring is 1. The summed E-state index contributed by atoms with van der Waals surface area (Å²) < 4.78 is 37.9. The number of benzene rings is 1. The van der Waals surface area contributed by atoms with Gasteiger partial charge in [-0.1, -0.05) is 24.1 Å². The number of fused-ring (bicyclic) bond motifs is 1. The van der Waals surface area contributed by atoms with Gasteiger partial charge in [0.1, 0.15) is 11.8 Å². The Labute approximate surface area is 231 Å². The molecule has 14 heteroatoms. The molecule has 0 unspecified atom stereocenters. The van der Waals surface area contributed by atoms with Gasteiger partial charge in [-0.15, -0.1) is 6.42 Å². The summed E-state index contributed by atoms with van der Waals surface area (Å²) in [5, 5.41) is 2.63. The fraction of sp³-hybridized carbons (Fsp3) is 0.462. The Morgan fingerprint density at radius 1 is 1.35 bits per heavy atom. The molecule has 3 heterocycles. The van der Waals surface area contributed by atoms with E-state index in [1.165, 1.54) is 14.0 Å². The first-order chi connectivity index (χ1) is 19.2. The van der Waals surface area contributed by atoms with Gasteiger partial charge >= 0.3 is 13.7 Å². The Kier molecular flexibility index (Phi) is 7.96. The number of anilines is 2. The molecule has 212 valence electrons. The molecule has 0 amide bonds. The van der Waals surface area contributed by atoms with E-state index in [2.05, 4.69) is 30.9 Å². The molecule has 1 aromatic carbocycles. The van der Waals surface area contributed by atoms with Crippen molar-refractivity contribution in [2.75, 3.05) is 31.4 Å². The van der Waals surface area contributed by atoms with Crippen LogP contribution in [0.5, 0.6) is 5.75 Å². The number of nitrogens with two attached hydrogens (primary N) is 1. The lowest BCUT2D eigenvalue weighted by molar-refractivity contribution is -0.142. The lowest BCUT2D eigenvalue weighted by Gasteiger charge is -2.24. The molecule has 0 bridgehead atoms. The molecule has 2 fully saturated rings. The van der Waals surface area contributed by atoms with E-state index in [0.29, 0.717) is 35.2 Å².